The maximum absolute atomic E-state index is 13.3. The number of hydrogen-bond donors (Lipinski definition) is 22. The molecule has 0 spiro atoms. The molecule has 7 saturated heterocycles. The fourth-order valence-corrected chi connectivity index (χ4v) is 10.7. The van der Waals surface area contributed by atoms with E-state index in [1.807, 2.05) is 0 Å². The number of aliphatic hydroxyl groups excluding tert-OH is 20. The molecule has 0 aromatic rings. The van der Waals surface area contributed by atoms with Gasteiger partial charge in [-0.05, 0) is 6.92 Å². The molecule has 35 atom stereocenters. The highest BCUT2D eigenvalue weighted by molar-refractivity contribution is 5.73. The van der Waals surface area contributed by atoms with Crippen molar-refractivity contribution in [3.05, 3.63) is 0 Å². The third-order valence-corrected chi connectivity index (χ3v) is 15.3. The van der Waals surface area contributed by atoms with E-state index >= 15 is 0 Å². The molecule has 83 heavy (non-hydrogen) atoms. The Balaban J connectivity index is 1.24. The van der Waals surface area contributed by atoms with E-state index in [0.29, 0.717) is 0 Å². The van der Waals surface area contributed by atoms with Crippen molar-refractivity contribution in [2.45, 2.75) is 236 Å². The van der Waals surface area contributed by atoms with Crippen LogP contribution >= 0.6 is 0 Å². The summed E-state index contributed by atoms with van der Waals surface area (Å²) in [4.78, 5) is 26.1. The number of carbonyl (C=O) groups is 2. The number of amides is 2. The molecule has 22 N–H and O–H groups in total. The molecule has 482 valence electrons. The fraction of sp³-hybridized carbons (Fsp3) is 0.957. The molecule has 7 fully saturated rings. The van der Waals surface area contributed by atoms with E-state index in [0.717, 1.165) is 13.8 Å². The van der Waals surface area contributed by atoms with Gasteiger partial charge in [0.1, 0.15) is 165 Å². The average molecular weight is 1220 g/mol. The SMILES string of the molecule is CC(=O)N[C@H]1[C@H](O[C@H]2[C@@H](O)[C@@H](CO)O[C@@H](O[C@H]3[C@H](O)[C@@H](O)[C@H](O)O[C@@H]3CO)[C@@H]2O)O[C@H](CO)[C@@H](O[C@@H]2O[C@@H](C)[C@@H](O)[C@@H](O)[C@@H]2O)[C@@H]1O[C@@H]1O[C@H](CO)[C@H](O)[C@H](O[C@@H]2O[C@H](CO)[C@@H](O)[C@H](O[C@@H]3O[C@H](CO)[C@H](O)[C@H](O)[C@H]3O)[C@H]2NC(C)=O)[C@H]1O. The van der Waals surface area contributed by atoms with E-state index in [1.54, 1.807) is 0 Å². The van der Waals surface area contributed by atoms with Crippen LogP contribution in [0, 0.1) is 0 Å². The molecule has 0 saturated carbocycles. The summed E-state index contributed by atoms with van der Waals surface area (Å²) in [6, 6.07) is -3.77. The Morgan fingerprint density at radius 3 is 1.10 bits per heavy atom. The van der Waals surface area contributed by atoms with Gasteiger partial charge in [0.25, 0.3) is 0 Å². The van der Waals surface area contributed by atoms with E-state index in [9.17, 15) is 112 Å². The number of hydrogen-bond acceptors (Lipinski definition) is 35. The van der Waals surface area contributed by atoms with Crippen LogP contribution in [0.3, 0.4) is 0 Å². The predicted molar refractivity (Wildman–Crippen MR) is 254 cm³/mol. The van der Waals surface area contributed by atoms with Gasteiger partial charge in [0, 0.05) is 13.8 Å². The third-order valence-electron chi connectivity index (χ3n) is 15.3. The Bertz CT molecular complexity index is 2040. The molecular weight excluding hydrogens is 1140 g/mol. The highest BCUT2D eigenvalue weighted by atomic mass is 16.8. The van der Waals surface area contributed by atoms with Gasteiger partial charge in [0.15, 0.2) is 44.0 Å². The van der Waals surface area contributed by atoms with Crippen molar-refractivity contribution < 1.29 is 173 Å². The van der Waals surface area contributed by atoms with Crippen molar-refractivity contribution in [1.29, 1.82) is 0 Å². The van der Waals surface area contributed by atoms with Crippen LogP contribution in [0.15, 0.2) is 0 Å². The van der Waals surface area contributed by atoms with Crippen molar-refractivity contribution in [3.8, 4) is 0 Å². The normalized spacial score (nSPS) is 50.8. The minimum atomic E-state index is -2.38. The summed E-state index contributed by atoms with van der Waals surface area (Å²) < 4.78 is 75.9. The summed E-state index contributed by atoms with van der Waals surface area (Å²) in [6.45, 7) is -3.01. The lowest BCUT2D eigenvalue weighted by Gasteiger charge is -2.52. The van der Waals surface area contributed by atoms with Gasteiger partial charge in [0.05, 0.1) is 45.7 Å². The maximum atomic E-state index is 13.3. The van der Waals surface area contributed by atoms with Gasteiger partial charge in [-0.15, -0.1) is 0 Å². The van der Waals surface area contributed by atoms with Crippen molar-refractivity contribution in [2.75, 3.05) is 39.6 Å². The minimum absolute atomic E-state index is 0.885. The summed E-state index contributed by atoms with van der Waals surface area (Å²) in [5.41, 5.74) is 0. The number of ether oxygens (including phenoxy) is 13. The van der Waals surface area contributed by atoms with Gasteiger partial charge in [-0.2, -0.15) is 0 Å². The molecule has 37 nitrogen and oxygen atoms in total. The molecule has 0 bridgehead atoms. The van der Waals surface area contributed by atoms with Crippen molar-refractivity contribution in [3.63, 3.8) is 0 Å². The average Bonchev–Trinajstić information content (AvgIpc) is 3.63. The minimum Gasteiger partial charge on any atom is -0.394 e. The first-order valence-electron chi connectivity index (χ1n) is 26.5. The zero-order chi connectivity index (χ0) is 61.2. The van der Waals surface area contributed by atoms with Crippen LogP contribution in [0.5, 0.6) is 0 Å². The molecule has 7 aliphatic heterocycles. The van der Waals surface area contributed by atoms with Crippen molar-refractivity contribution in [1.82, 2.24) is 10.6 Å². The molecule has 0 aliphatic carbocycles. The van der Waals surface area contributed by atoms with Gasteiger partial charge in [0.2, 0.25) is 11.8 Å². The smallest absolute Gasteiger partial charge is 0.217 e. The highest BCUT2D eigenvalue weighted by Gasteiger charge is 2.60. The summed E-state index contributed by atoms with van der Waals surface area (Å²) in [7, 11) is 0. The topological polar surface area (TPSA) is 583 Å². The van der Waals surface area contributed by atoms with Crippen LogP contribution in [-0.2, 0) is 71.2 Å². The van der Waals surface area contributed by atoms with Gasteiger partial charge >= 0.3 is 0 Å². The first kappa shape index (κ1) is 68.1. The lowest BCUT2D eigenvalue weighted by Crippen LogP contribution is -2.72. The molecule has 0 aromatic heterocycles. The molecular formula is C46H78N2O35. The molecule has 0 unspecified atom stereocenters. The Kier molecular flexibility index (Phi) is 24.0. The highest BCUT2D eigenvalue weighted by Crippen LogP contribution is 2.39. The van der Waals surface area contributed by atoms with Crippen LogP contribution in [-0.4, -0.2) is 368 Å². The quantitative estimate of drug-likeness (QED) is 0.0538. The molecule has 0 radical (unpaired) electrons. The second kappa shape index (κ2) is 29.3. The van der Waals surface area contributed by atoms with Crippen LogP contribution in [0.25, 0.3) is 0 Å². The monoisotopic (exact) mass is 1220 g/mol. The van der Waals surface area contributed by atoms with Crippen LogP contribution in [0.4, 0.5) is 0 Å². The van der Waals surface area contributed by atoms with Gasteiger partial charge in [-0.1, -0.05) is 0 Å². The number of rotatable bonds is 20. The predicted octanol–water partition coefficient (Wildman–Crippen LogP) is -15.0. The summed E-state index contributed by atoms with van der Waals surface area (Å²) in [5.74, 6) is -1.84. The summed E-state index contributed by atoms with van der Waals surface area (Å²) in [6.07, 6.45) is -64.8. The summed E-state index contributed by atoms with van der Waals surface area (Å²) in [5, 5.41) is 221. The fourth-order valence-electron chi connectivity index (χ4n) is 10.7. The van der Waals surface area contributed by atoms with E-state index in [2.05, 4.69) is 10.6 Å². The standard InChI is InChI=1S/C46H78N2O35/c1-10-21(57)26(62)30(66)43(71-10)79-35-18(9-54)77-42(83-38-24(60)15(6-51)75-45(32(38)68)78-34-17(8-53)72-40(70)29(65)28(34)64)20(48-12(3)56)37(35)81-46-33(69)39(25(61)16(7-52)76-46)82-41-19(47-11(2)55)36(23(59)14(5-50)73-41)80-44-31(67)27(63)22(58)13(4-49)74-44/h10,13-46,49-54,57-70H,4-9H2,1-3H3,(H,47,55)(H,48,56)/t10-,13+,14+,15+,16+,17+,18+,19+,20+,21+,22-,23+,24-,25-,26+,27-,28+,29+,30-,31+,32+,33+,34+,35+,36+,37+,38-,39-,40+,41-,42-,43-,44-,45-,46-/m0/s1. The van der Waals surface area contributed by atoms with Crippen LogP contribution in [0.2, 0.25) is 0 Å². The third kappa shape index (κ3) is 14.5. The largest absolute Gasteiger partial charge is 0.394 e. The molecule has 7 heterocycles. The Hall–Kier alpha value is -2.38. The second-order valence-electron chi connectivity index (χ2n) is 21.0. The van der Waals surface area contributed by atoms with Gasteiger partial charge < -0.3 is 174 Å². The Morgan fingerprint density at radius 2 is 0.639 bits per heavy atom. The first-order valence-corrected chi connectivity index (χ1v) is 26.5. The lowest BCUT2D eigenvalue weighted by atomic mass is 9.93. The molecule has 2 amide bonds. The maximum Gasteiger partial charge on any atom is 0.217 e. The second-order valence-corrected chi connectivity index (χ2v) is 21.0. The zero-order valence-electron chi connectivity index (χ0n) is 44.5. The molecule has 7 aliphatic rings. The van der Waals surface area contributed by atoms with E-state index < -0.39 is 266 Å². The van der Waals surface area contributed by atoms with Crippen LogP contribution < -0.4 is 10.6 Å². The lowest BCUT2D eigenvalue weighted by molar-refractivity contribution is -0.396. The number of aliphatic hydroxyl groups is 20. The number of carbonyl (C=O) groups excluding carboxylic acids is 2. The Labute approximate surface area is 470 Å². The molecule has 0 aromatic carbocycles. The van der Waals surface area contributed by atoms with E-state index in [4.69, 9.17) is 61.6 Å². The Morgan fingerprint density at radius 1 is 0.313 bits per heavy atom. The van der Waals surface area contributed by atoms with Crippen LogP contribution in [0.1, 0.15) is 20.8 Å². The number of nitrogens with one attached hydrogen (secondary N) is 2. The first-order chi connectivity index (χ1) is 39.2. The van der Waals surface area contributed by atoms with Gasteiger partial charge in [-0.25, -0.2) is 0 Å². The molecule has 37 heteroatoms. The summed E-state index contributed by atoms with van der Waals surface area (Å²) >= 11 is 0. The van der Waals surface area contributed by atoms with E-state index in [1.165, 1.54) is 6.92 Å². The van der Waals surface area contributed by atoms with E-state index in [-0.39, 0.29) is 0 Å². The van der Waals surface area contributed by atoms with Crippen molar-refractivity contribution >= 4 is 11.8 Å². The van der Waals surface area contributed by atoms with Crippen molar-refractivity contribution in [2.24, 2.45) is 0 Å². The molecule has 7 rings (SSSR count). The van der Waals surface area contributed by atoms with Gasteiger partial charge in [-0.3, -0.25) is 9.59 Å². The zero-order valence-corrected chi connectivity index (χ0v) is 44.5.